The summed E-state index contributed by atoms with van der Waals surface area (Å²) in [6.45, 7) is 6.08. The van der Waals surface area contributed by atoms with Gasteiger partial charge in [-0.1, -0.05) is 53.6 Å². The van der Waals surface area contributed by atoms with Crippen molar-refractivity contribution < 1.29 is 9.59 Å². The molecule has 0 saturated carbocycles. The number of fused-ring (bicyclic) bond motifs is 2. The van der Waals surface area contributed by atoms with Crippen LogP contribution in [-0.2, 0) is 6.54 Å². The van der Waals surface area contributed by atoms with Gasteiger partial charge in [0.25, 0.3) is 11.8 Å². The maximum absolute atomic E-state index is 13.5. The predicted molar refractivity (Wildman–Crippen MR) is 135 cm³/mol. The Hall–Kier alpha value is -3.44. The highest BCUT2D eigenvalue weighted by atomic mass is 16.2. The van der Waals surface area contributed by atoms with Crippen LogP contribution in [0.1, 0.15) is 50.2 Å². The minimum absolute atomic E-state index is 0.0219. The summed E-state index contributed by atoms with van der Waals surface area (Å²) >= 11 is 0. The fraction of sp³-hybridized carbons (Fsp3) is 0.310. The number of rotatable bonds is 4. The van der Waals surface area contributed by atoms with Crippen molar-refractivity contribution in [1.29, 1.82) is 0 Å². The van der Waals surface area contributed by atoms with E-state index in [0.717, 1.165) is 41.8 Å². The minimum atomic E-state index is -0.0219. The van der Waals surface area contributed by atoms with Crippen molar-refractivity contribution in [1.82, 2.24) is 10.2 Å². The second-order valence-corrected chi connectivity index (χ2v) is 9.55. The van der Waals surface area contributed by atoms with Crippen LogP contribution >= 0.6 is 0 Å². The first kappa shape index (κ1) is 22.4. The van der Waals surface area contributed by atoms with Gasteiger partial charge in [0.1, 0.15) is 0 Å². The Labute approximate surface area is 201 Å². The largest absolute Gasteiger partial charge is 0.350 e. The summed E-state index contributed by atoms with van der Waals surface area (Å²) < 4.78 is 0. The molecule has 2 aliphatic rings. The normalized spacial score (nSPS) is 19.8. The van der Waals surface area contributed by atoms with Crippen molar-refractivity contribution in [2.24, 2.45) is 0 Å². The van der Waals surface area contributed by atoms with Crippen molar-refractivity contribution >= 4 is 17.5 Å². The molecule has 5 nitrogen and oxygen atoms in total. The van der Waals surface area contributed by atoms with Gasteiger partial charge < -0.3 is 10.2 Å². The number of anilines is 1. The molecule has 0 aliphatic carbocycles. The molecule has 0 radical (unpaired) electrons. The van der Waals surface area contributed by atoms with E-state index in [1.165, 1.54) is 0 Å². The van der Waals surface area contributed by atoms with Gasteiger partial charge in [0.2, 0.25) is 0 Å². The molecule has 0 spiro atoms. The summed E-state index contributed by atoms with van der Waals surface area (Å²) in [6, 6.07) is 24.2. The molecule has 34 heavy (non-hydrogen) atoms. The van der Waals surface area contributed by atoms with Crippen molar-refractivity contribution in [3.63, 3.8) is 0 Å². The lowest BCUT2D eigenvalue weighted by atomic mass is 10.1. The van der Waals surface area contributed by atoms with Gasteiger partial charge in [-0.25, -0.2) is 0 Å². The van der Waals surface area contributed by atoms with Crippen LogP contribution in [0.3, 0.4) is 0 Å². The highest BCUT2D eigenvalue weighted by Crippen LogP contribution is 2.35. The van der Waals surface area contributed by atoms with Crippen LogP contribution in [0.4, 0.5) is 5.69 Å². The molecule has 174 valence electrons. The lowest BCUT2D eigenvalue weighted by Crippen LogP contribution is -2.45. The molecule has 0 unspecified atom stereocenters. The molecular weight excluding hydrogens is 422 g/mol. The quantitative estimate of drug-likeness (QED) is 0.622. The first-order valence-electron chi connectivity index (χ1n) is 12.1. The SMILES string of the molecule is Cc1cc(C)cc(C(=O)NC[C@@H]2CC[C@@H]3CN(C(=O)c4ccccc4)c4ccccc4CN32)c1. The van der Waals surface area contributed by atoms with Gasteiger partial charge in [0.05, 0.1) is 0 Å². The third-order valence-electron chi connectivity index (χ3n) is 7.05. The Bertz CT molecular complexity index is 1190. The van der Waals surface area contributed by atoms with Gasteiger partial charge in [-0.05, 0) is 62.6 Å². The first-order valence-corrected chi connectivity index (χ1v) is 12.1. The number of hydrogen-bond donors (Lipinski definition) is 1. The maximum atomic E-state index is 13.5. The Morgan fingerprint density at radius 3 is 2.35 bits per heavy atom. The molecule has 2 heterocycles. The van der Waals surface area contributed by atoms with E-state index in [1.54, 1.807) is 0 Å². The Balaban J connectivity index is 1.34. The Morgan fingerprint density at radius 1 is 0.882 bits per heavy atom. The number of benzene rings is 3. The smallest absolute Gasteiger partial charge is 0.258 e. The summed E-state index contributed by atoms with van der Waals surface area (Å²) in [5.74, 6) is 0.0211. The zero-order valence-corrected chi connectivity index (χ0v) is 19.8. The fourth-order valence-corrected chi connectivity index (χ4v) is 5.45. The van der Waals surface area contributed by atoms with Crippen LogP contribution in [0.25, 0.3) is 0 Å². The standard InChI is InChI=1S/C29H31N3O2/c1-20-14-21(2)16-24(15-20)28(33)30-17-25-12-13-26-19-32(29(34)22-8-4-3-5-9-22)27-11-7-6-10-23(27)18-31(25)26/h3-11,14-16,25-26H,12-13,17-19H2,1-2H3,(H,30,33)/t25-,26+/m0/s1. The highest BCUT2D eigenvalue weighted by molar-refractivity contribution is 6.06. The molecule has 1 fully saturated rings. The molecule has 5 heteroatoms. The van der Waals surface area contributed by atoms with E-state index < -0.39 is 0 Å². The van der Waals surface area contributed by atoms with Gasteiger partial charge in [0.15, 0.2) is 0 Å². The number of aryl methyl sites for hydroxylation is 2. The van der Waals surface area contributed by atoms with E-state index in [2.05, 4.69) is 28.4 Å². The molecule has 0 aromatic heterocycles. The average Bonchev–Trinajstić information content (AvgIpc) is 3.13. The van der Waals surface area contributed by atoms with Crippen LogP contribution < -0.4 is 10.2 Å². The second kappa shape index (κ2) is 9.43. The first-order chi connectivity index (χ1) is 16.5. The summed E-state index contributed by atoms with van der Waals surface area (Å²) in [5.41, 5.74) is 5.76. The molecule has 5 rings (SSSR count). The van der Waals surface area contributed by atoms with Crippen molar-refractivity contribution in [2.75, 3.05) is 18.0 Å². The third kappa shape index (κ3) is 4.48. The molecule has 2 aliphatic heterocycles. The van der Waals surface area contributed by atoms with Gasteiger partial charge in [-0.3, -0.25) is 14.5 Å². The van der Waals surface area contributed by atoms with E-state index in [1.807, 2.05) is 73.3 Å². The van der Waals surface area contributed by atoms with Crippen molar-refractivity contribution in [3.8, 4) is 0 Å². The Kier molecular flexibility index (Phi) is 6.20. The summed E-state index contributed by atoms with van der Waals surface area (Å²) in [4.78, 5) is 30.7. The lowest BCUT2D eigenvalue weighted by molar-refractivity contribution is 0.0933. The van der Waals surface area contributed by atoms with Gasteiger partial charge in [0, 0.05) is 48.5 Å². The molecule has 3 aromatic rings. The number of para-hydroxylation sites is 1. The van der Waals surface area contributed by atoms with E-state index >= 15 is 0 Å². The lowest BCUT2D eigenvalue weighted by Gasteiger charge is -2.29. The monoisotopic (exact) mass is 453 g/mol. The highest BCUT2D eigenvalue weighted by Gasteiger charge is 2.39. The average molecular weight is 454 g/mol. The van der Waals surface area contributed by atoms with Crippen LogP contribution in [0, 0.1) is 13.8 Å². The third-order valence-corrected chi connectivity index (χ3v) is 7.05. The Morgan fingerprint density at radius 2 is 1.59 bits per heavy atom. The van der Waals surface area contributed by atoms with Gasteiger partial charge in [-0.2, -0.15) is 0 Å². The molecule has 1 N–H and O–H groups in total. The zero-order chi connectivity index (χ0) is 23.7. The van der Waals surface area contributed by atoms with Crippen LogP contribution in [0.2, 0.25) is 0 Å². The van der Waals surface area contributed by atoms with Crippen LogP contribution in [-0.4, -0.2) is 41.9 Å². The zero-order valence-electron chi connectivity index (χ0n) is 19.8. The molecule has 1 saturated heterocycles. The molecular formula is C29H31N3O2. The number of nitrogens with one attached hydrogen (secondary N) is 1. The topological polar surface area (TPSA) is 52.7 Å². The number of amides is 2. The maximum Gasteiger partial charge on any atom is 0.258 e. The number of nitrogens with zero attached hydrogens (tertiary/aromatic N) is 2. The minimum Gasteiger partial charge on any atom is -0.350 e. The summed E-state index contributed by atoms with van der Waals surface area (Å²) in [6.07, 6.45) is 2.02. The van der Waals surface area contributed by atoms with E-state index in [9.17, 15) is 9.59 Å². The number of hydrogen-bond acceptors (Lipinski definition) is 3. The number of carbonyl (C=O) groups is 2. The van der Waals surface area contributed by atoms with Gasteiger partial charge in [-0.15, -0.1) is 0 Å². The van der Waals surface area contributed by atoms with Crippen LogP contribution in [0.15, 0.2) is 72.8 Å². The van der Waals surface area contributed by atoms with Gasteiger partial charge >= 0.3 is 0 Å². The second-order valence-electron chi connectivity index (χ2n) is 9.55. The predicted octanol–water partition coefficient (Wildman–Crippen LogP) is 4.73. The molecule has 2 atom stereocenters. The summed E-state index contributed by atoms with van der Waals surface area (Å²) in [7, 11) is 0. The van der Waals surface area contributed by atoms with E-state index in [0.29, 0.717) is 24.2 Å². The molecule has 3 aromatic carbocycles. The van der Waals surface area contributed by atoms with Crippen LogP contribution in [0.5, 0.6) is 0 Å². The van der Waals surface area contributed by atoms with E-state index in [-0.39, 0.29) is 23.9 Å². The number of carbonyl (C=O) groups excluding carboxylic acids is 2. The molecule has 2 amide bonds. The summed E-state index contributed by atoms with van der Waals surface area (Å²) in [5, 5.41) is 3.17. The van der Waals surface area contributed by atoms with Crippen molar-refractivity contribution in [2.45, 2.75) is 45.3 Å². The molecule has 0 bridgehead atoms. The fourth-order valence-electron chi connectivity index (χ4n) is 5.45. The van der Waals surface area contributed by atoms with E-state index in [4.69, 9.17) is 0 Å². The van der Waals surface area contributed by atoms with Crippen molar-refractivity contribution in [3.05, 3.63) is 101 Å².